The molecule has 1 fully saturated rings. The number of nitrogen functional groups attached to an aromatic ring is 1. The van der Waals surface area contributed by atoms with Crippen molar-refractivity contribution in [3.8, 4) is 0 Å². The summed E-state index contributed by atoms with van der Waals surface area (Å²) >= 11 is 0. The van der Waals surface area contributed by atoms with E-state index in [0.717, 1.165) is 5.56 Å². The van der Waals surface area contributed by atoms with Crippen molar-refractivity contribution in [1.29, 1.82) is 0 Å². The number of rotatable bonds is 3. The summed E-state index contributed by atoms with van der Waals surface area (Å²) in [6, 6.07) is 5.38. The number of amidine groups is 1. The maximum Gasteiger partial charge on any atom is 0.409 e. The third kappa shape index (κ3) is 3.59. The van der Waals surface area contributed by atoms with Gasteiger partial charge < -0.3 is 21.1 Å². The molecule has 0 aromatic heterocycles. The minimum Gasteiger partial charge on any atom is -0.453 e. The summed E-state index contributed by atoms with van der Waals surface area (Å²) in [5.74, 6) is 6.12. The van der Waals surface area contributed by atoms with Gasteiger partial charge in [0.15, 0.2) is 5.84 Å². The second-order valence-electron chi connectivity index (χ2n) is 4.97. The van der Waals surface area contributed by atoms with Crippen molar-refractivity contribution in [3.05, 3.63) is 29.3 Å². The number of amides is 1. The smallest absolute Gasteiger partial charge is 0.409 e. The van der Waals surface area contributed by atoms with Crippen LogP contribution >= 0.6 is 0 Å². The number of anilines is 1. The average Bonchev–Trinajstić information content (AvgIpc) is 2.39. The van der Waals surface area contributed by atoms with Crippen LogP contribution in [0.25, 0.3) is 0 Å². The lowest BCUT2D eigenvalue weighted by Gasteiger charge is -2.40. The molecule has 0 bridgehead atoms. The molecule has 122 valence electrons. The van der Waals surface area contributed by atoms with Gasteiger partial charge in [0.05, 0.1) is 13.2 Å². The molecule has 22 heavy (non-hydrogen) atoms. The number of nitrogens with two attached hydrogens (primary N) is 3. The molecule has 2 rings (SSSR count). The normalized spacial score (nSPS) is 14.9. The maximum absolute atomic E-state index is 11.2. The molecule has 1 aromatic carbocycles. The molecule has 1 aliphatic rings. The summed E-state index contributed by atoms with van der Waals surface area (Å²) in [4.78, 5) is 12.8. The van der Waals surface area contributed by atoms with Gasteiger partial charge >= 0.3 is 6.09 Å². The molecule has 0 unspecified atom stereocenters. The number of likely N-dealkylation sites (tertiary alicyclic amines) is 1. The molecule has 1 aliphatic heterocycles. The maximum atomic E-state index is 11.2. The number of carbonyl (C=O) groups excluding carboxylic acids is 1. The topological polar surface area (TPSA) is 123 Å². The lowest BCUT2D eigenvalue weighted by molar-refractivity contribution is 0.0301. The van der Waals surface area contributed by atoms with E-state index < -0.39 is 0 Å². The Hall–Kier alpha value is -2.48. The highest BCUT2D eigenvalue weighted by Gasteiger charge is 2.34. The van der Waals surface area contributed by atoms with E-state index in [0.29, 0.717) is 24.3 Å². The van der Waals surface area contributed by atoms with Crippen LogP contribution in [0.5, 0.6) is 0 Å². The van der Waals surface area contributed by atoms with E-state index in [1.807, 2.05) is 19.1 Å². The standard InChI is InChI=1S/C13H20N6O2.CH4/c1-8-3-4-9(5-11(8)14)12(15)17-19(16)10-6-18(7-10)13(20)21-2;/h3-5,10H,6-7,14,16H2,1-2H3,(H2,15,17);1H4. The van der Waals surface area contributed by atoms with Gasteiger partial charge in [-0.2, -0.15) is 0 Å². The fourth-order valence-electron chi connectivity index (χ4n) is 1.96. The minimum absolute atomic E-state index is 0. The summed E-state index contributed by atoms with van der Waals surface area (Å²) in [5.41, 5.74) is 14.1. The van der Waals surface area contributed by atoms with Crippen molar-refractivity contribution < 1.29 is 9.53 Å². The van der Waals surface area contributed by atoms with Gasteiger partial charge in [0.1, 0.15) is 0 Å². The first-order valence-electron chi connectivity index (χ1n) is 6.49. The Labute approximate surface area is 130 Å². The van der Waals surface area contributed by atoms with E-state index in [1.54, 1.807) is 6.07 Å². The van der Waals surface area contributed by atoms with Gasteiger partial charge in [0.2, 0.25) is 0 Å². The molecule has 0 saturated carbocycles. The number of hydrogen-bond donors (Lipinski definition) is 3. The number of ether oxygens (including phenoxy) is 1. The van der Waals surface area contributed by atoms with Crippen LogP contribution in [0.1, 0.15) is 18.6 Å². The zero-order valence-corrected chi connectivity index (χ0v) is 12.1. The summed E-state index contributed by atoms with van der Waals surface area (Å²) in [6.07, 6.45) is -0.372. The van der Waals surface area contributed by atoms with E-state index in [-0.39, 0.29) is 25.4 Å². The highest BCUT2D eigenvalue weighted by molar-refractivity contribution is 5.98. The van der Waals surface area contributed by atoms with Crippen molar-refractivity contribution in [3.63, 3.8) is 0 Å². The van der Waals surface area contributed by atoms with Gasteiger partial charge in [-0.25, -0.2) is 15.8 Å². The van der Waals surface area contributed by atoms with Crippen LogP contribution in [0.3, 0.4) is 0 Å². The highest BCUT2D eigenvalue weighted by Crippen LogP contribution is 2.15. The average molecular weight is 308 g/mol. The Morgan fingerprint density at radius 3 is 2.64 bits per heavy atom. The Morgan fingerprint density at radius 1 is 1.45 bits per heavy atom. The Morgan fingerprint density at radius 2 is 2.09 bits per heavy atom. The predicted molar refractivity (Wildman–Crippen MR) is 86.8 cm³/mol. The molecular formula is C14H24N6O2. The zero-order valence-electron chi connectivity index (χ0n) is 12.1. The number of hydrazine groups is 1. The Kier molecular flexibility index (Phi) is 5.58. The molecule has 0 radical (unpaired) electrons. The molecule has 1 saturated heterocycles. The van der Waals surface area contributed by atoms with E-state index >= 15 is 0 Å². The quantitative estimate of drug-likeness (QED) is 0.245. The lowest BCUT2D eigenvalue weighted by atomic mass is 10.1. The van der Waals surface area contributed by atoms with Gasteiger partial charge in [-0.1, -0.05) is 19.6 Å². The van der Waals surface area contributed by atoms with Crippen LogP contribution < -0.4 is 17.3 Å². The number of methoxy groups -OCH3 is 1. The van der Waals surface area contributed by atoms with Gasteiger partial charge in [-0.3, -0.25) is 0 Å². The first kappa shape index (κ1) is 17.6. The number of hydrazone groups is 1. The molecule has 6 N–H and O–H groups in total. The lowest BCUT2D eigenvalue weighted by Crippen LogP contribution is -2.61. The molecule has 0 aliphatic carbocycles. The van der Waals surface area contributed by atoms with Crippen molar-refractivity contribution in [2.24, 2.45) is 16.7 Å². The summed E-state index contributed by atoms with van der Waals surface area (Å²) < 4.78 is 4.61. The number of aryl methyl sites for hydroxylation is 1. The number of benzene rings is 1. The summed E-state index contributed by atoms with van der Waals surface area (Å²) in [5, 5.41) is 5.40. The van der Waals surface area contributed by atoms with Gasteiger partial charge in [0, 0.05) is 24.3 Å². The second kappa shape index (κ2) is 6.99. The first-order valence-corrected chi connectivity index (χ1v) is 6.49. The van der Waals surface area contributed by atoms with Crippen LogP contribution in [-0.4, -0.2) is 48.2 Å². The molecular weight excluding hydrogens is 284 g/mol. The van der Waals surface area contributed by atoms with Crippen molar-refractivity contribution in [2.45, 2.75) is 20.4 Å². The first-order chi connectivity index (χ1) is 9.92. The van der Waals surface area contributed by atoms with Crippen LogP contribution in [0.15, 0.2) is 23.3 Å². The third-order valence-electron chi connectivity index (χ3n) is 3.47. The van der Waals surface area contributed by atoms with Crippen molar-refractivity contribution >= 4 is 17.6 Å². The number of nitrogens with zero attached hydrogens (tertiary/aromatic N) is 3. The van der Waals surface area contributed by atoms with Crippen LogP contribution in [0.4, 0.5) is 10.5 Å². The molecule has 1 aromatic rings. The van der Waals surface area contributed by atoms with Crippen molar-refractivity contribution in [2.75, 3.05) is 25.9 Å². The van der Waals surface area contributed by atoms with Gasteiger partial charge in [-0.15, -0.1) is 5.10 Å². The Bertz CT molecular complexity index is 568. The minimum atomic E-state index is -0.372. The SMILES string of the molecule is C.COC(=O)N1CC(N(N)/N=C(\N)c2ccc(C)c(N)c2)C1. The molecule has 8 heteroatoms. The zero-order chi connectivity index (χ0) is 15.6. The molecule has 8 nitrogen and oxygen atoms in total. The van der Waals surface area contributed by atoms with Crippen LogP contribution in [0, 0.1) is 6.92 Å². The van der Waals surface area contributed by atoms with Crippen molar-refractivity contribution in [1.82, 2.24) is 10.0 Å². The number of carbonyl (C=O) groups is 1. The van der Waals surface area contributed by atoms with Gasteiger partial charge in [-0.05, 0) is 18.6 Å². The highest BCUT2D eigenvalue weighted by atomic mass is 16.5. The second-order valence-corrected chi connectivity index (χ2v) is 4.97. The summed E-state index contributed by atoms with van der Waals surface area (Å²) in [7, 11) is 1.34. The van der Waals surface area contributed by atoms with E-state index in [2.05, 4.69) is 9.84 Å². The fraction of sp³-hybridized carbons (Fsp3) is 0.429. The van der Waals surface area contributed by atoms with Gasteiger partial charge in [0.25, 0.3) is 0 Å². The van der Waals surface area contributed by atoms with Crippen LogP contribution in [-0.2, 0) is 4.74 Å². The molecule has 1 heterocycles. The molecule has 1 amide bonds. The van der Waals surface area contributed by atoms with E-state index in [9.17, 15) is 4.79 Å². The Balaban J connectivity index is 0.00000242. The molecule has 0 spiro atoms. The predicted octanol–water partition coefficient (Wildman–Crippen LogP) is 0.460. The largest absolute Gasteiger partial charge is 0.453 e. The third-order valence-corrected chi connectivity index (χ3v) is 3.47. The number of hydrogen-bond acceptors (Lipinski definition) is 6. The monoisotopic (exact) mass is 308 g/mol. The van der Waals surface area contributed by atoms with Crippen LogP contribution in [0.2, 0.25) is 0 Å². The molecule has 0 atom stereocenters. The summed E-state index contributed by atoms with van der Waals surface area (Å²) in [6.45, 7) is 2.82. The van der Waals surface area contributed by atoms with E-state index in [4.69, 9.17) is 17.3 Å². The van der Waals surface area contributed by atoms with E-state index in [1.165, 1.54) is 17.1 Å². The fourth-order valence-corrected chi connectivity index (χ4v) is 1.96.